The predicted molar refractivity (Wildman–Crippen MR) is 225 cm³/mol. The Balaban J connectivity index is 1.63. The highest BCUT2D eigenvalue weighted by molar-refractivity contribution is 5.93. The molecule has 0 aromatic heterocycles. The fraction of sp³-hybridized carbons (Fsp3) is 0.711. The summed E-state index contributed by atoms with van der Waals surface area (Å²) in [6.45, 7) is 16.7. The molecule has 4 rings (SSSR count). The summed E-state index contributed by atoms with van der Waals surface area (Å²) >= 11 is 0. The summed E-state index contributed by atoms with van der Waals surface area (Å²) in [5.41, 5.74) is -2.89. The summed E-state index contributed by atoms with van der Waals surface area (Å²) in [6.07, 6.45) is -5.80. The lowest BCUT2D eigenvalue weighted by Crippen LogP contribution is -2.59. The van der Waals surface area contributed by atoms with Gasteiger partial charge in [0.15, 0.2) is 6.29 Å². The number of cyclic esters (lactones) is 1. The standard InChI is InChI=1S/C45H70N4O10/c1-10-36-45(9,56)39(52)32(7)49(22-14-21-48(20-13-19-46)43(54)47-35-18-17-33-15-11-12-16-34(33)24-35)26-27(2)25-44(8,55)40(30(5)38(51)31(6)41(53)58-36)59-42-37(50)28(3)23-29(4)57-42/h11-12,15-18,24,27-32,36-40,42,50-52,55-56H,10,13-14,20-23,25-26H2,1-9H3,(H,47,54)/t27-,28-,29+,30+,31-,32-,36-,37+,38+,39-,40-,42-,44-,45-/m1/s1. The summed E-state index contributed by atoms with van der Waals surface area (Å²) in [5.74, 6) is -3.16. The number of aliphatic hydroxyl groups is 5. The van der Waals surface area contributed by atoms with E-state index in [-0.39, 0.29) is 56.3 Å². The fourth-order valence-corrected chi connectivity index (χ4v) is 9.09. The lowest BCUT2D eigenvalue weighted by atomic mass is 9.78. The van der Waals surface area contributed by atoms with E-state index >= 15 is 0 Å². The Labute approximate surface area is 350 Å². The molecule has 6 N–H and O–H groups in total. The van der Waals surface area contributed by atoms with Gasteiger partial charge in [-0.3, -0.25) is 9.69 Å². The van der Waals surface area contributed by atoms with E-state index in [1.807, 2.05) is 68.1 Å². The highest BCUT2D eigenvalue weighted by Gasteiger charge is 2.49. The fourth-order valence-electron chi connectivity index (χ4n) is 9.09. The van der Waals surface area contributed by atoms with E-state index in [9.17, 15) is 40.4 Å². The molecule has 2 saturated heterocycles. The second kappa shape index (κ2) is 20.9. The number of carbonyl (C=O) groups is 2. The van der Waals surface area contributed by atoms with Gasteiger partial charge in [-0.05, 0) is 95.0 Å². The Kier molecular flexibility index (Phi) is 17.1. The zero-order valence-corrected chi connectivity index (χ0v) is 36.5. The molecule has 0 radical (unpaired) electrons. The first-order valence-corrected chi connectivity index (χ1v) is 21.4. The molecule has 59 heavy (non-hydrogen) atoms. The van der Waals surface area contributed by atoms with Crippen LogP contribution in [0.4, 0.5) is 10.5 Å². The summed E-state index contributed by atoms with van der Waals surface area (Å²) in [7, 11) is 0. The molecule has 2 aliphatic heterocycles. The van der Waals surface area contributed by atoms with E-state index in [0.29, 0.717) is 31.6 Å². The van der Waals surface area contributed by atoms with E-state index < -0.39 is 71.9 Å². The van der Waals surface area contributed by atoms with Gasteiger partial charge < -0.3 is 50.0 Å². The minimum Gasteiger partial charge on any atom is -0.459 e. The zero-order chi connectivity index (χ0) is 43.8. The van der Waals surface area contributed by atoms with Gasteiger partial charge >= 0.3 is 12.0 Å². The van der Waals surface area contributed by atoms with Crippen molar-refractivity contribution in [3.63, 3.8) is 0 Å². The number of urea groups is 1. The average Bonchev–Trinajstić information content (AvgIpc) is 3.19. The van der Waals surface area contributed by atoms with Crippen LogP contribution in [0.1, 0.15) is 94.4 Å². The van der Waals surface area contributed by atoms with Crippen molar-refractivity contribution in [1.29, 1.82) is 5.26 Å². The molecule has 2 aromatic carbocycles. The van der Waals surface area contributed by atoms with E-state index in [1.54, 1.807) is 32.6 Å². The van der Waals surface area contributed by atoms with Crippen molar-refractivity contribution in [2.45, 2.75) is 155 Å². The zero-order valence-electron chi connectivity index (χ0n) is 36.5. The largest absolute Gasteiger partial charge is 0.459 e. The number of nitrogens with one attached hydrogen (secondary N) is 1. The first kappa shape index (κ1) is 48.3. The molecule has 14 nitrogen and oxygen atoms in total. The molecular weight excluding hydrogens is 757 g/mol. The SMILES string of the molecule is CC[C@H]1OC(=O)[C@H](C)[C@@H](O)[C@H](C)[C@@H](O[C@H]2O[C@@H](C)C[C@@H](C)[C@@H]2O)[C@](C)(O)C[C@@H](C)CN(CCCN(CCC#N)C(=O)Nc2ccc3ccccc3c2)[C@H](C)[C@@H](O)[C@]1(C)O. The van der Waals surface area contributed by atoms with Crippen molar-refractivity contribution in [1.82, 2.24) is 9.80 Å². The van der Waals surface area contributed by atoms with E-state index in [4.69, 9.17) is 14.2 Å². The maximum absolute atomic E-state index is 13.7. The molecule has 2 fully saturated rings. The van der Waals surface area contributed by atoms with Gasteiger partial charge in [0.05, 0.1) is 42.3 Å². The molecule has 0 bridgehead atoms. The van der Waals surface area contributed by atoms with Crippen LogP contribution in [0.2, 0.25) is 0 Å². The molecule has 0 aliphatic carbocycles. The van der Waals surface area contributed by atoms with Crippen LogP contribution in [0.3, 0.4) is 0 Å². The molecule has 0 unspecified atom stereocenters. The average molecular weight is 827 g/mol. The molecule has 2 amide bonds. The second-order valence-electron chi connectivity index (χ2n) is 17.9. The molecule has 2 heterocycles. The van der Waals surface area contributed by atoms with Crippen molar-refractivity contribution in [2.75, 3.05) is 31.5 Å². The molecule has 0 saturated carbocycles. The third kappa shape index (κ3) is 12.1. The number of fused-ring (bicyclic) bond motifs is 1. The highest BCUT2D eigenvalue weighted by atomic mass is 16.7. The molecular formula is C45H70N4O10. The van der Waals surface area contributed by atoms with Crippen molar-refractivity contribution in [2.24, 2.45) is 23.7 Å². The van der Waals surface area contributed by atoms with Gasteiger partial charge in [-0.15, -0.1) is 0 Å². The first-order chi connectivity index (χ1) is 27.7. The number of nitriles is 1. The van der Waals surface area contributed by atoms with Crippen LogP contribution < -0.4 is 5.32 Å². The van der Waals surface area contributed by atoms with Crippen LogP contribution in [0, 0.1) is 35.0 Å². The minimum absolute atomic E-state index is 0.131. The van der Waals surface area contributed by atoms with Crippen LogP contribution in [0.5, 0.6) is 0 Å². The number of rotatable bonds is 10. The summed E-state index contributed by atoms with van der Waals surface area (Å²) in [5, 5.41) is 73.3. The maximum Gasteiger partial charge on any atom is 0.321 e. The molecule has 14 atom stereocenters. The van der Waals surface area contributed by atoms with Crippen LogP contribution >= 0.6 is 0 Å². The molecule has 14 heteroatoms. The predicted octanol–water partition coefficient (Wildman–Crippen LogP) is 5.04. The van der Waals surface area contributed by atoms with Crippen molar-refractivity contribution < 1.29 is 49.3 Å². The van der Waals surface area contributed by atoms with Crippen molar-refractivity contribution in [3.8, 4) is 6.07 Å². The highest BCUT2D eigenvalue weighted by Crippen LogP contribution is 2.37. The smallest absolute Gasteiger partial charge is 0.321 e. The summed E-state index contributed by atoms with van der Waals surface area (Å²) in [4.78, 5) is 30.8. The summed E-state index contributed by atoms with van der Waals surface area (Å²) < 4.78 is 18.3. The Hall–Kier alpha value is -3.39. The molecule has 2 aliphatic rings. The molecule has 0 spiro atoms. The first-order valence-electron chi connectivity index (χ1n) is 21.4. The normalized spacial score (nSPS) is 36.8. The van der Waals surface area contributed by atoms with Gasteiger partial charge in [0.2, 0.25) is 0 Å². The van der Waals surface area contributed by atoms with Crippen LogP contribution in [0.25, 0.3) is 10.8 Å². The quantitative estimate of drug-likeness (QED) is 0.174. The van der Waals surface area contributed by atoms with Crippen molar-refractivity contribution in [3.05, 3.63) is 42.5 Å². The maximum atomic E-state index is 13.7. The van der Waals surface area contributed by atoms with Crippen LogP contribution in [0.15, 0.2) is 42.5 Å². The lowest BCUT2D eigenvalue weighted by molar-refractivity contribution is -0.298. The summed E-state index contributed by atoms with van der Waals surface area (Å²) in [6, 6.07) is 14.6. The third-order valence-electron chi connectivity index (χ3n) is 12.6. The van der Waals surface area contributed by atoms with E-state index in [2.05, 4.69) is 11.4 Å². The van der Waals surface area contributed by atoms with Gasteiger partial charge in [0.25, 0.3) is 0 Å². The number of amides is 2. The number of esters is 1. The minimum atomic E-state index is -1.90. The van der Waals surface area contributed by atoms with Crippen LogP contribution in [-0.2, 0) is 19.0 Å². The van der Waals surface area contributed by atoms with Gasteiger partial charge in [-0.25, -0.2) is 4.79 Å². The number of hydrogen-bond acceptors (Lipinski definition) is 12. The van der Waals surface area contributed by atoms with Gasteiger partial charge in [0, 0.05) is 43.8 Å². The van der Waals surface area contributed by atoms with Gasteiger partial charge in [-0.1, -0.05) is 58.0 Å². The van der Waals surface area contributed by atoms with Crippen LogP contribution in [-0.4, -0.2) is 134 Å². The van der Waals surface area contributed by atoms with E-state index in [1.165, 1.54) is 13.8 Å². The number of hydrogen-bond donors (Lipinski definition) is 6. The number of ether oxygens (including phenoxy) is 3. The number of anilines is 1. The number of aliphatic hydroxyl groups excluding tert-OH is 3. The Morgan fingerprint density at radius 2 is 1.69 bits per heavy atom. The second-order valence-corrected chi connectivity index (χ2v) is 17.9. The molecule has 2 aromatic rings. The number of carbonyl (C=O) groups excluding carboxylic acids is 2. The third-order valence-corrected chi connectivity index (χ3v) is 12.6. The molecule has 330 valence electrons. The Bertz CT molecular complexity index is 1720. The Morgan fingerprint density at radius 3 is 2.36 bits per heavy atom. The lowest BCUT2D eigenvalue weighted by Gasteiger charge is -2.45. The van der Waals surface area contributed by atoms with Gasteiger partial charge in [-0.2, -0.15) is 5.26 Å². The Morgan fingerprint density at radius 1 is 1.02 bits per heavy atom. The van der Waals surface area contributed by atoms with E-state index in [0.717, 1.165) is 10.8 Å². The number of nitrogens with zero attached hydrogens (tertiary/aromatic N) is 3. The monoisotopic (exact) mass is 827 g/mol. The topological polar surface area (TPSA) is 205 Å². The van der Waals surface area contributed by atoms with Crippen molar-refractivity contribution >= 4 is 28.5 Å². The van der Waals surface area contributed by atoms with Gasteiger partial charge in [0.1, 0.15) is 23.9 Å². The number of benzene rings is 2.